The normalized spacial score (nSPS) is 11.8. The minimum atomic E-state index is -5.34. The van der Waals surface area contributed by atoms with Gasteiger partial charge in [-0.1, -0.05) is 0 Å². The molecule has 0 saturated heterocycles. The summed E-state index contributed by atoms with van der Waals surface area (Å²) in [4.78, 5) is 14.0. The van der Waals surface area contributed by atoms with Gasteiger partial charge in [0, 0.05) is 6.07 Å². The van der Waals surface area contributed by atoms with E-state index in [1.807, 2.05) is 0 Å². The topological polar surface area (TPSA) is 39.2 Å². The fourth-order valence-corrected chi connectivity index (χ4v) is 1.28. The van der Waals surface area contributed by atoms with Gasteiger partial charge in [0.05, 0.1) is 6.61 Å². The van der Waals surface area contributed by atoms with E-state index in [0.29, 0.717) is 0 Å². The summed E-state index contributed by atoms with van der Waals surface area (Å²) in [7, 11) is 0. The zero-order chi connectivity index (χ0) is 14.8. The highest BCUT2D eigenvalue weighted by molar-refractivity contribution is 5.87. The monoisotopic (exact) mass is 287 g/mol. The van der Waals surface area contributed by atoms with Gasteiger partial charge in [0.1, 0.15) is 17.1 Å². The molecule has 0 radical (unpaired) electrons. The van der Waals surface area contributed by atoms with Gasteiger partial charge >= 0.3 is 12.1 Å². The minimum absolute atomic E-state index is 0.118. The summed E-state index contributed by atoms with van der Waals surface area (Å²) in [5, 5.41) is 0. The van der Waals surface area contributed by atoms with E-state index in [2.05, 4.69) is 9.72 Å². The van der Waals surface area contributed by atoms with Crippen molar-refractivity contribution in [2.45, 2.75) is 19.5 Å². The van der Waals surface area contributed by atoms with Crippen molar-refractivity contribution in [3.8, 4) is 0 Å². The summed E-state index contributed by atoms with van der Waals surface area (Å²) in [6.07, 6.45) is -9.02. The Morgan fingerprint density at radius 1 is 1.42 bits per heavy atom. The van der Waals surface area contributed by atoms with Crippen LogP contribution in [0.25, 0.3) is 0 Å². The Morgan fingerprint density at radius 2 is 2.00 bits per heavy atom. The molecule has 0 N–H and O–H groups in total. The van der Waals surface area contributed by atoms with Crippen molar-refractivity contribution in [2.24, 2.45) is 0 Å². The second-order valence-corrected chi connectivity index (χ2v) is 3.27. The number of ether oxygens (including phenoxy) is 1. The first-order valence-electron chi connectivity index (χ1n) is 4.91. The van der Waals surface area contributed by atoms with Crippen molar-refractivity contribution in [2.75, 3.05) is 6.61 Å². The number of carbonyl (C=O) groups excluding carboxylic acids is 1. The molecule has 0 unspecified atom stereocenters. The molecular formula is C10H7F6NO2. The molecule has 0 fully saturated rings. The molecule has 9 heteroatoms. The summed E-state index contributed by atoms with van der Waals surface area (Å²) in [6.45, 7) is 1.22. The molecule has 0 aliphatic heterocycles. The summed E-state index contributed by atoms with van der Waals surface area (Å²) in [5.41, 5.74) is -4.96. The van der Waals surface area contributed by atoms with Crippen molar-refractivity contribution in [3.05, 3.63) is 28.8 Å². The lowest BCUT2D eigenvalue weighted by Gasteiger charge is -2.13. The van der Waals surface area contributed by atoms with Crippen LogP contribution < -0.4 is 0 Å². The molecule has 0 bridgehead atoms. The number of alkyl halides is 5. The molecule has 1 aromatic heterocycles. The highest BCUT2D eigenvalue weighted by atomic mass is 19.4. The molecule has 19 heavy (non-hydrogen) atoms. The molecular weight excluding hydrogens is 280 g/mol. The predicted molar refractivity (Wildman–Crippen MR) is 50.1 cm³/mol. The maximum absolute atomic E-state index is 13.3. The number of rotatable bonds is 3. The summed E-state index contributed by atoms with van der Waals surface area (Å²) in [5.74, 6) is -3.28. The number of carbonyl (C=O) groups is 1. The lowest BCUT2D eigenvalue weighted by atomic mass is 10.1. The SMILES string of the molecule is CCOC(=O)c1cc(F)c(C(F)(F)F)c(C(F)F)n1. The fourth-order valence-electron chi connectivity index (χ4n) is 1.28. The third-order valence-electron chi connectivity index (χ3n) is 1.97. The number of esters is 1. The molecule has 0 aliphatic carbocycles. The van der Waals surface area contributed by atoms with Crippen LogP contribution in [0, 0.1) is 5.82 Å². The summed E-state index contributed by atoms with van der Waals surface area (Å²) in [6, 6.07) is 0.118. The molecule has 1 rings (SSSR count). The predicted octanol–water partition coefficient (Wildman–Crippen LogP) is 3.35. The second-order valence-electron chi connectivity index (χ2n) is 3.27. The van der Waals surface area contributed by atoms with E-state index in [1.165, 1.54) is 6.92 Å². The number of hydrogen-bond donors (Lipinski definition) is 0. The van der Waals surface area contributed by atoms with Crippen molar-refractivity contribution in [3.63, 3.8) is 0 Å². The first-order valence-corrected chi connectivity index (χ1v) is 4.91. The van der Waals surface area contributed by atoms with E-state index in [4.69, 9.17) is 0 Å². The number of halogens is 6. The Kier molecular flexibility index (Phi) is 4.38. The Balaban J connectivity index is 3.42. The van der Waals surface area contributed by atoms with Gasteiger partial charge in [-0.15, -0.1) is 0 Å². The van der Waals surface area contributed by atoms with E-state index in [0.717, 1.165) is 0 Å². The standard InChI is InChI=1S/C10H7F6NO2/c1-2-19-9(18)5-3-4(11)6(10(14,15)16)7(17-5)8(12)13/h3,8H,2H2,1H3. The largest absolute Gasteiger partial charge is 0.461 e. The smallest absolute Gasteiger partial charge is 0.421 e. The zero-order valence-electron chi connectivity index (χ0n) is 9.39. The number of aromatic nitrogens is 1. The molecule has 0 aliphatic rings. The fraction of sp³-hybridized carbons (Fsp3) is 0.400. The molecule has 1 aromatic rings. The maximum atomic E-state index is 13.3. The van der Waals surface area contributed by atoms with E-state index in [9.17, 15) is 31.1 Å². The van der Waals surface area contributed by atoms with Gasteiger partial charge in [-0.05, 0) is 6.92 Å². The van der Waals surface area contributed by atoms with Crippen molar-refractivity contribution in [1.82, 2.24) is 4.98 Å². The van der Waals surface area contributed by atoms with Crippen molar-refractivity contribution >= 4 is 5.97 Å². The third kappa shape index (κ3) is 3.36. The lowest BCUT2D eigenvalue weighted by Crippen LogP contribution is -2.18. The van der Waals surface area contributed by atoms with Crippen LogP contribution in [-0.4, -0.2) is 17.6 Å². The van der Waals surface area contributed by atoms with Crippen LogP contribution in [0.2, 0.25) is 0 Å². The second kappa shape index (κ2) is 5.45. The van der Waals surface area contributed by atoms with E-state index in [1.54, 1.807) is 0 Å². The van der Waals surface area contributed by atoms with Gasteiger partial charge in [0.25, 0.3) is 6.43 Å². The van der Waals surface area contributed by atoms with Gasteiger partial charge in [-0.2, -0.15) is 13.2 Å². The lowest BCUT2D eigenvalue weighted by molar-refractivity contribution is -0.142. The van der Waals surface area contributed by atoms with Crippen molar-refractivity contribution < 1.29 is 35.9 Å². The number of pyridine rings is 1. The first kappa shape index (κ1) is 15.3. The van der Waals surface area contributed by atoms with Gasteiger partial charge < -0.3 is 4.74 Å². The minimum Gasteiger partial charge on any atom is -0.461 e. The van der Waals surface area contributed by atoms with E-state index < -0.39 is 41.3 Å². The van der Waals surface area contributed by atoms with Crippen LogP contribution in [0.5, 0.6) is 0 Å². The Morgan fingerprint density at radius 3 is 2.42 bits per heavy atom. The van der Waals surface area contributed by atoms with Gasteiger partial charge in [-0.3, -0.25) is 0 Å². The highest BCUT2D eigenvalue weighted by Crippen LogP contribution is 2.37. The quantitative estimate of drug-likeness (QED) is 0.632. The molecule has 1 heterocycles. The van der Waals surface area contributed by atoms with E-state index in [-0.39, 0.29) is 12.7 Å². The average molecular weight is 287 g/mol. The van der Waals surface area contributed by atoms with Crippen LogP contribution >= 0.6 is 0 Å². The number of hydrogen-bond acceptors (Lipinski definition) is 3. The molecule has 0 aromatic carbocycles. The highest BCUT2D eigenvalue weighted by Gasteiger charge is 2.41. The molecule has 0 atom stereocenters. The Labute approximate surface area is 103 Å². The third-order valence-corrected chi connectivity index (χ3v) is 1.97. The molecule has 0 spiro atoms. The van der Waals surface area contributed by atoms with Crippen LogP contribution in [0.3, 0.4) is 0 Å². The Hall–Kier alpha value is -1.80. The maximum Gasteiger partial charge on any atom is 0.421 e. The van der Waals surface area contributed by atoms with Gasteiger partial charge in [-0.25, -0.2) is 22.9 Å². The molecule has 106 valence electrons. The van der Waals surface area contributed by atoms with Crippen LogP contribution in [0.4, 0.5) is 26.3 Å². The van der Waals surface area contributed by atoms with Gasteiger partial charge in [0.15, 0.2) is 5.69 Å². The molecule has 3 nitrogen and oxygen atoms in total. The summed E-state index contributed by atoms with van der Waals surface area (Å²) < 4.78 is 79.8. The van der Waals surface area contributed by atoms with Crippen LogP contribution in [0.15, 0.2) is 6.07 Å². The Bertz CT molecular complexity index is 486. The van der Waals surface area contributed by atoms with Crippen LogP contribution in [0.1, 0.15) is 35.1 Å². The summed E-state index contributed by atoms with van der Waals surface area (Å²) >= 11 is 0. The van der Waals surface area contributed by atoms with Crippen LogP contribution in [-0.2, 0) is 10.9 Å². The van der Waals surface area contributed by atoms with E-state index >= 15 is 0 Å². The van der Waals surface area contributed by atoms with Crippen molar-refractivity contribution in [1.29, 1.82) is 0 Å². The molecule has 0 saturated carbocycles. The number of nitrogens with zero attached hydrogens (tertiary/aromatic N) is 1. The first-order chi connectivity index (χ1) is 8.68. The molecule has 0 amide bonds. The zero-order valence-corrected chi connectivity index (χ0v) is 9.39. The van der Waals surface area contributed by atoms with Gasteiger partial charge in [0.2, 0.25) is 0 Å². The average Bonchev–Trinajstić information content (AvgIpc) is 2.26.